The van der Waals surface area contributed by atoms with Crippen LogP contribution in [-0.4, -0.2) is 36.4 Å². The van der Waals surface area contributed by atoms with Gasteiger partial charge < -0.3 is 0 Å². The SMILES string of the molecule is Bc1nc(-c2ccccc2C)c(B)c(B)c1B. The fourth-order valence-electron chi connectivity index (χ4n) is 2.17. The van der Waals surface area contributed by atoms with Gasteiger partial charge in [-0.15, -0.1) is 0 Å². The highest BCUT2D eigenvalue weighted by atomic mass is 14.7. The van der Waals surface area contributed by atoms with Crippen LogP contribution in [0.2, 0.25) is 0 Å². The van der Waals surface area contributed by atoms with Crippen molar-refractivity contribution in [1.82, 2.24) is 4.98 Å². The summed E-state index contributed by atoms with van der Waals surface area (Å²) in [7, 11) is 8.58. The molecule has 0 unspecified atom stereocenters. The molecule has 1 nitrogen and oxygen atoms in total. The molecule has 0 saturated carbocycles. The number of hydrogen-bond donors (Lipinski definition) is 0. The summed E-state index contributed by atoms with van der Waals surface area (Å²) in [6, 6.07) is 8.44. The highest BCUT2D eigenvalue weighted by Crippen LogP contribution is 2.17. The highest BCUT2D eigenvalue weighted by molar-refractivity contribution is 6.62. The maximum absolute atomic E-state index is 4.76. The van der Waals surface area contributed by atoms with Crippen molar-refractivity contribution in [3.63, 3.8) is 0 Å². The van der Waals surface area contributed by atoms with Crippen molar-refractivity contribution >= 4 is 53.4 Å². The third kappa shape index (κ3) is 2.06. The molecule has 0 fully saturated rings. The fourth-order valence-corrected chi connectivity index (χ4v) is 2.17. The lowest BCUT2D eigenvalue weighted by Gasteiger charge is -2.15. The Morgan fingerprint density at radius 3 is 2.18 bits per heavy atom. The zero-order valence-corrected chi connectivity index (χ0v) is 11.3. The van der Waals surface area contributed by atoms with E-state index in [1.54, 1.807) is 0 Å². The molecular formula is C12H15B4N. The Bertz CT molecular complexity index is 581. The van der Waals surface area contributed by atoms with Gasteiger partial charge in [0.1, 0.15) is 23.5 Å². The van der Waals surface area contributed by atoms with Crippen molar-refractivity contribution in [2.45, 2.75) is 6.92 Å². The van der Waals surface area contributed by atoms with Crippen LogP contribution in [0.3, 0.4) is 0 Å². The van der Waals surface area contributed by atoms with Crippen molar-refractivity contribution in [1.29, 1.82) is 0 Å². The first kappa shape index (κ1) is 12.1. The monoisotopic (exact) mass is 217 g/mol. The lowest BCUT2D eigenvalue weighted by atomic mass is 9.68. The summed E-state index contributed by atoms with van der Waals surface area (Å²) in [4.78, 5) is 4.76. The molecule has 0 N–H and O–H groups in total. The average molecular weight is 217 g/mol. The highest BCUT2D eigenvalue weighted by Gasteiger charge is 2.10. The van der Waals surface area contributed by atoms with Crippen LogP contribution in [0.5, 0.6) is 0 Å². The standard InChI is InChI=1S/C12H15B4N/c1-6-4-2-3-5-7(6)11-9(14)8(13)10(15)12(16)17-11/h2-5H,13-16H2,1H3. The number of aromatic nitrogens is 1. The largest absolute Gasteiger partial charge is 0.265 e. The smallest absolute Gasteiger partial charge is 0.163 e. The maximum Gasteiger partial charge on any atom is 0.163 e. The Morgan fingerprint density at radius 1 is 0.882 bits per heavy atom. The van der Waals surface area contributed by atoms with Crippen molar-refractivity contribution < 1.29 is 0 Å². The first-order valence-electron chi connectivity index (χ1n) is 6.02. The number of pyridine rings is 1. The summed E-state index contributed by atoms with van der Waals surface area (Å²) < 4.78 is 0. The molecule has 17 heavy (non-hydrogen) atoms. The van der Waals surface area contributed by atoms with E-state index in [-0.39, 0.29) is 0 Å². The van der Waals surface area contributed by atoms with E-state index in [1.165, 1.54) is 27.5 Å². The molecular weight excluding hydrogens is 201 g/mol. The topological polar surface area (TPSA) is 12.9 Å². The van der Waals surface area contributed by atoms with Gasteiger partial charge in [0, 0.05) is 5.56 Å². The van der Waals surface area contributed by atoms with Crippen LogP contribution in [0.25, 0.3) is 11.3 Å². The van der Waals surface area contributed by atoms with Gasteiger partial charge in [0.2, 0.25) is 0 Å². The van der Waals surface area contributed by atoms with E-state index in [0.717, 1.165) is 11.3 Å². The molecule has 80 valence electrons. The Labute approximate surface area is 107 Å². The zero-order chi connectivity index (χ0) is 12.6. The minimum Gasteiger partial charge on any atom is -0.265 e. The first-order valence-corrected chi connectivity index (χ1v) is 6.02. The minimum absolute atomic E-state index is 1.13. The van der Waals surface area contributed by atoms with E-state index in [9.17, 15) is 0 Å². The third-order valence-corrected chi connectivity index (χ3v) is 3.70. The maximum atomic E-state index is 4.76. The van der Waals surface area contributed by atoms with Gasteiger partial charge in [0.15, 0.2) is 7.85 Å². The van der Waals surface area contributed by atoms with Crippen molar-refractivity contribution in [2.24, 2.45) is 0 Å². The number of aryl methyl sites for hydroxylation is 1. The summed E-state index contributed by atoms with van der Waals surface area (Å²) in [5.41, 5.74) is 8.75. The van der Waals surface area contributed by atoms with Crippen molar-refractivity contribution in [3.8, 4) is 11.3 Å². The lowest BCUT2D eigenvalue weighted by molar-refractivity contribution is 1.38. The Morgan fingerprint density at radius 2 is 1.53 bits per heavy atom. The van der Waals surface area contributed by atoms with Crippen LogP contribution >= 0.6 is 0 Å². The van der Waals surface area contributed by atoms with E-state index >= 15 is 0 Å². The predicted molar refractivity (Wildman–Crippen MR) is 87.1 cm³/mol. The average Bonchev–Trinajstić information content (AvgIpc) is 2.32. The quantitative estimate of drug-likeness (QED) is 0.444. The van der Waals surface area contributed by atoms with E-state index in [0.29, 0.717) is 0 Å². The predicted octanol–water partition coefficient (Wildman–Crippen LogP) is -3.91. The minimum atomic E-state index is 1.13. The number of rotatable bonds is 1. The van der Waals surface area contributed by atoms with Gasteiger partial charge in [0.05, 0.1) is 5.69 Å². The van der Waals surface area contributed by atoms with Crippen molar-refractivity contribution in [2.75, 3.05) is 0 Å². The van der Waals surface area contributed by atoms with Crippen LogP contribution in [0, 0.1) is 6.92 Å². The molecule has 2 aromatic rings. The molecule has 0 spiro atoms. The molecule has 1 heterocycles. The van der Waals surface area contributed by atoms with Gasteiger partial charge in [-0.1, -0.05) is 40.7 Å². The third-order valence-electron chi connectivity index (χ3n) is 3.70. The number of nitrogens with zero attached hydrogens (tertiary/aromatic N) is 1. The van der Waals surface area contributed by atoms with Gasteiger partial charge in [-0.05, 0) is 18.1 Å². The van der Waals surface area contributed by atoms with Crippen LogP contribution < -0.4 is 22.0 Å². The fraction of sp³-hybridized carbons (Fsp3) is 0.0833. The Hall–Kier alpha value is -1.37. The van der Waals surface area contributed by atoms with Gasteiger partial charge in [-0.25, -0.2) is 0 Å². The summed E-state index contributed by atoms with van der Waals surface area (Å²) in [5, 5.41) is 0. The second-order valence-electron chi connectivity index (χ2n) is 4.74. The summed E-state index contributed by atoms with van der Waals surface area (Å²) in [5.74, 6) is 0. The van der Waals surface area contributed by atoms with Crippen LogP contribution in [-0.2, 0) is 0 Å². The van der Waals surface area contributed by atoms with Gasteiger partial charge >= 0.3 is 0 Å². The molecule has 5 heteroatoms. The van der Waals surface area contributed by atoms with Gasteiger partial charge in [-0.3, -0.25) is 4.98 Å². The molecule has 2 rings (SSSR count). The van der Waals surface area contributed by atoms with E-state index in [2.05, 4.69) is 62.6 Å². The molecule has 0 atom stereocenters. The molecule has 0 radical (unpaired) electrons. The number of hydrogen-bond acceptors (Lipinski definition) is 1. The molecule has 1 aromatic carbocycles. The Balaban J connectivity index is 2.73. The normalized spacial score (nSPS) is 10.4. The van der Waals surface area contributed by atoms with E-state index in [1.807, 2.05) is 0 Å². The number of benzene rings is 1. The van der Waals surface area contributed by atoms with Crippen LogP contribution in [0.4, 0.5) is 0 Å². The van der Waals surface area contributed by atoms with Gasteiger partial charge in [0.25, 0.3) is 0 Å². The van der Waals surface area contributed by atoms with E-state index < -0.39 is 0 Å². The molecule has 0 aliphatic heterocycles. The summed E-state index contributed by atoms with van der Waals surface area (Å²) >= 11 is 0. The lowest BCUT2D eigenvalue weighted by Crippen LogP contribution is -2.49. The zero-order valence-electron chi connectivity index (χ0n) is 11.3. The molecule has 0 saturated heterocycles. The Kier molecular flexibility index (Phi) is 3.19. The second-order valence-corrected chi connectivity index (χ2v) is 4.74. The molecule has 0 bridgehead atoms. The van der Waals surface area contributed by atoms with Gasteiger partial charge in [-0.2, -0.15) is 0 Å². The summed E-state index contributed by atoms with van der Waals surface area (Å²) in [6.07, 6.45) is 0. The van der Waals surface area contributed by atoms with Crippen molar-refractivity contribution in [3.05, 3.63) is 29.8 Å². The molecule has 0 amide bonds. The molecule has 1 aromatic heterocycles. The summed E-state index contributed by atoms with van der Waals surface area (Å²) in [6.45, 7) is 2.14. The van der Waals surface area contributed by atoms with Crippen LogP contribution in [0.15, 0.2) is 24.3 Å². The first-order chi connectivity index (χ1) is 8.02. The second kappa shape index (κ2) is 4.48. The van der Waals surface area contributed by atoms with E-state index in [4.69, 9.17) is 4.98 Å². The molecule has 0 aliphatic rings. The van der Waals surface area contributed by atoms with Crippen LogP contribution in [0.1, 0.15) is 5.56 Å². The molecule has 0 aliphatic carbocycles.